The first-order valence-electron chi connectivity index (χ1n) is 8.14. The summed E-state index contributed by atoms with van der Waals surface area (Å²) in [5.74, 6) is -1.01. The first-order valence-corrected chi connectivity index (χ1v) is 8.14. The van der Waals surface area contributed by atoms with Crippen molar-refractivity contribution in [1.29, 1.82) is 10.7 Å². The first-order chi connectivity index (χ1) is 13.0. The fourth-order valence-electron chi connectivity index (χ4n) is 2.87. The quantitative estimate of drug-likeness (QED) is 0.558. The Morgan fingerprint density at radius 1 is 1.44 bits per heavy atom. The molecule has 1 fully saturated rings. The lowest BCUT2D eigenvalue weighted by atomic mass is 9.93. The average molecular weight is 368 g/mol. The van der Waals surface area contributed by atoms with E-state index < -0.39 is 17.9 Å². The molecule has 0 unspecified atom stereocenters. The Bertz CT molecular complexity index is 906. The number of alkyl carbamates (subject to hydrolysis) is 1. The second kappa shape index (κ2) is 7.70. The van der Waals surface area contributed by atoms with Crippen molar-refractivity contribution in [2.24, 2.45) is 5.73 Å². The van der Waals surface area contributed by atoms with Gasteiger partial charge in [0, 0.05) is 36.5 Å². The Morgan fingerprint density at radius 2 is 2.22 bits per heavy atom. The number of nitrogens with one attached hydrogen (secondary N) is 2. The van der Waals surface area contributed by atoms with Gasteiger partial charge in [0.2, 0.25) is 0 Å². The number of carbonyl (C=O) groups is 1. The highest BCUT2D eigenvalue weighted by atomic mass is 19.1. The summed E-state index contributed by atoms with van der Waals surface area (Å²) in [6.07, 6.45) is 0.760. The van der Waals surface area contributed by atoms with Crippen LogP contribution >= 0.6 is 0 Å². The molecule has 4 N–H and O–H groups in total. The molecule has 1 aliphatic heterocycles. The summed E-state index contributed by atoms with van der Waals surface area (Å²) in [6.45, 7) is 0.733. The number of carbonyl (C=O) groups excluding carboxylic acids is 1. The number of aromatic nitrogens is 1. The van der Waals surface area contributed by atoms with Crippen LogP contribution in [0.1, 0.15) is 22.7 Å². The molecule has 1 amide bonds. The fraction of sp³-hybridized carbons (Fsp3) is 0.222. The summed E-state index contributed by atoms with van der Waals surface area (Å²) in [5, 5.41) is 18.2. The molecule has 0 aliphatic carbocycles. The van der Waals surface area contributed by atoms with Crippen LogP contribution in [0.2, 0.25) is 0 Å². The zero-order valence-electron chi connectivity index (χ0n) is 14.3. The second-order valence-corrected chi connectivity index (χ2v) is 6.02. The summed E-state index contributed by atoms with van der Waals surface area (Å²) in [6, 6.07) is 10.5. The van der Waals surface area contributed by atoms with Crippen molar-refractivity contribution in [3.63, 3.8) is 0 Å². The number of nitriles is 1. The smallest absolute Gasteiger partial charge is 0.414 e. The summed E-state index contributed by atoms with van der Waals surface area (Å²) in [7, 11) is 0. The van der Waals surface area contributed by atoms with Crippen molar-refractivity contribution in [1.82, 2.24) is 10.3 Å². The van der Waals surface area contributed by atoms with E-state index >= 15 is 0 Å². The number of pyridine rings is 1. The van der Waals surface area contributed by atoms with Gasteiger partial charge in [0.05, 0.1) is 11.3 Å². The topological polar surface area (TPSA) is 128 Å². The van der Waals surface area contributed by atoms with Gasteiger partial charge in [-0.2, -0.15) is 5.26 Å². The third-order valence-electron chi connectivity index (χ3n) is 4.22. The molecule has 9 heteroatoms. The number of guanidine groups is 1. The molecule has 138 valence electrons. The molecule has 1 aromatic heterocycles. The molecule has 27 heavy (non-hydrogen) atoms. The van der Waals surface area contributed by atoms with Gasteiger partial charge in [-0.15, -0.1) is 0 Å². The molecule has 2 heterocycles. The van der Waals surface area contributed by atoms with Crippen LogP contribution in [-0.2, 0) is 11.3 Å². The van der Waals surface area contributed by atoms with Crippen molar-refractivity contribution in [3.8, 4) is 6.07 Å². The van der Waals surface area contributed by atoms with Crippen LogP contribution in [0.5, 0.6) is 0 Å². The maximum absolute atomic E-state index is 14.9. The number of rotatable bonds is 4. The Hall–Kier alpha value is -3.67. The predicted molar refractivity (Wildman–Crippen MR) is 95.5 cm³/mol. The SMILES string of the molecule is N#Cc1ccc(COC(=O)NC(=N)N)c(F)c1N1CC(c2ccccn2)C1. The summed E-state index contributed by atoms with van der Waals surface area (Å²) in [4.78, 5) is 17.5. The molecular weight excluding hydrogens is 351 g/mol. The van der Waals surface area contributed by atoms with E-state index in [4.69, 9.17) is 15.9 Å². The third-order valence-corrected chi connectivity index (χ3v) is 4.22. The first kappa shape index (κ1) is 18.1. The number of anilines is 1. The van der Waals surface area contributed by atoms with E-state index in [0.717, 1.165) is 5.69 Å². The van der Waals surface area contributed by atoms with Crippen LogP contribution in [0, 0.1) is 22.6 Å². The number of halogens is 1. The van der Waals surface area contributed by atoms with Crippen molar-refractivity contribution in [2.75, 3.05) is 18.0 Å². The monoisotopic (exact) mass is 368 g/mol. The van der Waals surface area contributed by atoms with E-state index in [0.29, 0.717) is 13.1 Å². The van der Waals surface area contributed by atoms with Gasteiger partial charge in [-0.1, -0.05) is 12.1 Å². The molecule has 0 spiro atoms. The highest BCUT2D eigenvalue weighted by Gasteiger charge is 2.33. The van der Waals surface area contributed by atoms with Gasteiger partial charge >= 0.3 is 6.09 Å². The minimum atomic E-state index is -0.952. The van der Waals surface area contributed by atoms with Gasteiger partial charge in [0.1, 0.15) is 12.7 Å². The van der Waals surface area contributed by atoms with Gasteiger partial charge in [-0.05, 0) is 18.2 Å². The van der Waals surface area contributed by atoms with Gasteiger partial charge in [-0.25, -0.2) is 9.18 Å². The molecule has 2 aromatic rings. The Balaban J connectivity index is 1.74. The molecular formula is C18H17FN6O2. The standard InChI is InChI=1S/C18H17FN6O2/c19-15-12(10-27-18(26)24-17(21)22)5-4-11(7-20)16(15)25-8-13(9-25)14-3-1-2-6-23-14/h1-6,13H,8-10H2,(H4,21,22,24,26). The largest absolute Gasteiger partial charge is 0.444 e. The van der Waals surface area contributed by atoms with E-state index in [1.807, 2.05) is 29.6 Å². The van der Waals surface area contributed by atoms with E-state index in [9.17, 15) is 14.4 Å². The Morgan fingerprint density at radius 3 is 2.85 bits per heavy atom. The molecule has 1 saturated heterocycles. The van der Waals surface area contributed by atoms with Crippen LogP contribution in [0.3, 0.4) is 0 Å². The minimum Gasteiger partial charge on any atom is -0.444 e. The number of amides is 1. The van der Waals surface area contributed by atoms with Crippen LogP contribution < -0.4 is 16.0 Å². The lowest BCUT2D eigenvalue weighted by molar-refractivity contribution is 0.143. The highest BCUT2D eigenvalue weighted by Crippen LogP contribution is 2.35. The van der Waals surface area contributed by atoms with Crippen molar-refractivity contribution < 1.29 is 13.9 Å². The number of nitrogens with two attached hydrogens (primary N) is 1. The van der Waals surface area contributed by atoms with Gasteiger partial charge in [0.25, 0.3) is 0 Å². The van der Waals surface area contributed by atoms with Crippen LogP contribution in [0.25, 0.3) is 0 Å². The lowest BCUT2D eigenvalue weighted by Crippen LogP contribution is -2.46. The number of ether oxygens (including phenoxy) is 1. The van der Waals surface area contributed by atoms with E-state index in [2.05, 4.69) is 4.98 Å². The van der Waals surface area contributed by atoms with E-state index in [1.54, 1.807) is 11.1 Å². The third kappa shape index (κ3) is 3.95. The molecule has 1 aliphatic rings. The fourth-order valence-corrected chi connectivity index (χ4v) is 2.87. The molecule has 0 saturated carbocycles. The van der Waals surface area contributed by atoms with Crippen LogP contribution in [-0.4, -0.2) is 30.1 Å². The second-order valence-electron chi connectivity index (χ2n) is 6.02. The average Bonchev–Trinajstić information content (AvgIpc) is 2.61. The van der Waals surface area contributed by atoms with Gasteiger partial charge < -0.3 is 15.4 Å². The van der Waals surface area contributed by atoms with E-state index in [-0.39, 0.29) is 29.3 Å². The highest BCUT2D eigenvalue weighted by molar-refractivity contribution is 5.90. The molecule has 0 atom stereocenters. The minimum absolute atomic E-state index is 0.129. The van der Waals surface area contributed by atoms with Gasteiger partial charge in [-0.3, -0.25) is 15.7 Å². The van der Waals surface area contributed by atoms with Crippen molar-refractivity contribution >= 4 is 17.7 Å². The molecule has 8 nitrogen and oxygen atoms in total. The maximum Gasteiger partial charge on any atom is 0.414 e. The summed E-state index contributed by atoms with van der Waals surface area (Å²) < 4.78 is 19.8. The van der Waals surface area contributed by atoms with Crippen LogP contribution in [0.15, 0.2) is 36.5 Å². The van der Waals surface area contributed by atoms with Crippen molar-refractivity contribution in [3.05, 3.63) is 59.2 Å². The van der Waals surface area contributed by atoms with Crippen LogP contribution in [0.4, 0.5) is 14.9 Å². The molecule has 1 aromatic carbocycles. The lowest BCUT2D eigenvalue weighted by Gasteiger charge is -2.41. The maximum atomic E-state index is 14.9. The summed E-state index contributed by atoms with van der Waals surface area (Å²) >= 11 is 0. The normalized spacial score (nSPS) is 13.4. The zero-order valence-corrected chi connectivity index (χ0v) is 14.3. The number of hydrogen-bond donors (Lipinski definition) is 3. The number of nitrogens with zero attached hydrogens (tertiary/aromatic N) is 3. The molecule has 0 bridgehead atoms. The number of hydrogen-bond acceptors (Lipinski definition) is 6. The van der Waals surface area contributed by atoms with E-state index in [1.165, 1.54) is 12.1 Å². The van der Waals surface area contributed by atoms with Gasteiger partial charge in [0.15, 0.2) is 11.8 Å². The van der Waals surface area contributed by atoms with Crippen molar-refractivity contribution in [2.45, 2.75) is 12.5 Å². The molecule has 3 rings (SSSR count). The Kier molecular flexibility index (Phi) is 5.17. The Labute approximate surface area is 154 Å². The zero-order chi connectivity index (χ0) is 19.4. The molecule has 0 radical (unpaired) electrons. The number of benzene rings is 1. The predicted octanol–water partition coefficient (Wildman–Crippen LogP) is 1.82. The summed E-state index contributed by atoms with van der Waals surface area (Å²) in [5.41, 5.74) is 6.49.